The number of fused-ring (bicyclic) bond motifs is 1. The van der Waals surface area contributed by atoms with Crippen molar-refractivity contribution >= 4 is 35.2 Å². The number of benzene rings is 2. The minimum Gasteiger partial charge on any atom is -0.506 e. The molecule has 3 N–H and O–H groups in total. The molecule has 0 spiro atoms. The number of rotatable bonds is 6. The maximum Gasteiger partial charge on any atom is 0.420 e. The van der Waals surface area contributed by atoms with Gasteiger partial charge in [0.1, 0.15) is 5.75 Å². The van der Waals surface area contributed by atoms with Crippen LogP contribution >= 0.6 is 11.6 Å². The van der Waals surface area contributed by atoms with Gasteiger partial charge >= 0.3 is 18.2 Å². The van der Waals surface area contributed by atoms with Gasteiger partial charge in [0.05, 0.1) is 16.5 Å². The smallest absolute Gasteiger partial charge is 0.420 e. The normalized spacial score (nSPS) is 17.4. The molecular formula is C26H27ClF3N3O5. The van der Waals surface area contributed by atoms with E-state index >= 15 is 0 Å². The number of phenolic OH excluding ortho intramolecular Hbond substituents is 1. The van der Waals surface area contributed by atoms with Crippen molar-refractivity contribution in [3.05, 3.63) is 58.1 Å². The van der Waals surface area contributed by atoms with Crippen molar-refractivity contribution in [2.75, 3.05) is 25.0 Å². The topological polar surface area (TPSA) is 110 Å². The van der Waals surface area contributed by atoms with E-state index < -0.39 is 46.7 Å². The summed E-state index contributed by atoms with van der Waals surface area (Å²) in [7, 11) is 0. The van der Waals surface area contributed by atoms with Crippen LogP contribution in [0.15, 0.2) is 36.4 Å². The molecule has 1 atom stereocenters. The predicted octanol–water partition coefficient (Wildman–Crippen LogP) is 4.78. The molecule has 1 fully saturated rings. The van der Waals surface area contributed by atoms with Crippen molar-refractivity contribution in [1.82, 2.24) is 9.80 Å². The van der Waals surface area contributed by atoms with Crippen molar-refractivity contribution in [2.45, 2.75) is 44.3 Å². The van der Waals surface area contributed by atoms with Crippen LogP contribution in [0.3, 0.4) is 0 Å². The Kier molecular flexibility index (Phi) is 8.05. The van der Waals surface area contributed by atoms with Gasteiger partial charge in [-0.15, -0.1) is 0 Å². The predicted molar refractivity (Wildman–Crippen MR) is 133 cm³/mol. The number of piperidine rings is 1. The minimum absolute atomic E-state index is 0.0489. The van der Waals surface area contributed by atoms with E-state index in [9.17, 15) is 37.8 Å². The second-order valence-corrected chi connectivity index (χ2v) is 9.96. The quantitative estimate of drug-likeness (QED) is 0.477. The Bertz CT molecular complexity index is 1230. The molecule has 204 valence electrons. The number of hydrogen-bond donors (Lipinski definition) is 3. The van der Waals surface area contributed by atoms with Crippen LogP contribution in [0.25, 0.3) is 0 Å². The van der Waals surface area contributed by atoms with Gasteiger partial charge in [-0.25, -0.2) is 4.79 Å². The molecule has 2 heterocycles. The van der Waals surface area contributed by atoms with Crippen LogP contribution in [0.5, 0.6) is 5.75 Å². The summed E-state index contributed by atoms with van der Waals surface area (Å²) in [6.45, 7) is 1.20. The summed E-state index contributed by atoms with van der Waals surface area (Å²) in [6, 6.07) is 9.04. The number of hydrogen-bond acceptors (Lipinski definition) is 4. The number of carboxylic acid groups (broad SMARTS) is 1. The number of nitrogens with zero attached hydrogens (tertiary/aromatic N) is 2. The van der Waals surface area contributed by atoms with Crippen molar-refractivity contribution in [2.24, 2.45) is 5.92 Å². The summed E-state index contributed by atoms with van der Waals surface area (Å²) in [6.07, 6.45) is -3.90. The van der Waals surface area contributed by atoms with Gasteiger partial charge in [0, 0.05) is 37.8 Å². The zero-order valence-electron chi connectivity index (χ0n) is 20.3. The Hall–Kier alpha value is -3.47. The van der Waals surface area contributed by atoms with E-state index in [-0.39, 0.29) is 24.1 Å². The van der Waals surface area contributed by atoms with Gasteiger partial charge in [0.25, 0.3) is 0 Å². The number of urea groups is 1. The van der Waals surface area contributed by atoms with Crippen LogP contribution in [0, 0.1) is 5.92 Å². The molecule has 0 aliphatic carbocycles. The Labute approximate surface area is 222 Å². The molecule has 0 radical (unpaired) electrons. The Balaban J connectivity index is 1.36. The maximum atomic E-state index is 13.2. The number of carboxylic acids is 1. The molecule has 2 aromatic rings. The molecule has 1 unspecified atom stereocenters. The number of carbonyl (C=O) groups excluding carboxylic acids is 2. The third-order valence-electron chi connectivity index (χ3n) is 7.08. The monoisotopic (exact) mass is 553 g/mol. The first-order chi connectivity index (χ1) is 17.9. The lowest BCUT2D eigenvalue weighted by Gasteiger charge is -2.38. The van der Waals surface area contributed by atoms with Gasteiger partial charge in [-0.1, -0.05) is 29.8 Å². The van der Waals surface area contributed by atoms with Crippen molar-refractivity contribution in [3.8, 4) is 5.75 Å². The molecule has 2 aliphatic rings. The lowest BCUT2D eigenvalue weighted by Crippen LogP contribution is -2.50. The molecule has 2 aliphatic heterocycles. The van der Waals surface area contributed by atoms with Gasteiger partial charge in [0.15, 0.2) is 0 Å². The van der Waals surface area contributed by atoms with Gasteiger partial charge in [-0.2, -0.15) is 13.2 Å². The lowest BCUT2D eigenvalue weighted by molar-refractivity contribution is -0.146. The van der Waals surface area contributed by atoms with E-state index in [1.54, 1.807) is 4.90 Å². The molecular weight excluding hydrogens is 527 g/mol. The van der Waals surface area contributed by atoms with Crippen LogP contribution in [0.4, 0.5) is 23.7 Å². The van der Waals surface area contributed by atoms with Crippen molar-refractivity contribution in [3.63, 3.8) is 0 Å². The fourth-order valence-corrected chi connectivity index (χ4v) is 5.27. The molecule has 1 saturated heterocycles. The fourth-order valence-electron chi connectivity index (χ4n) is 5.03. The summed E-state index contributed by atoms with van der Waals surface area (Å²) in [5, 5.41) is 21.7. The molecule has 0 aromatic heterocycles. The highest BCUT2D eigenvalue weighted by molar-refractivity contribution is 6.32. The number of halogens is 4. The Morgan fingerprint density at radius 1 is 1.13 bits per heavy atom. The minimum atomic E-state index is -4.88. The second kappa shape index (κ2) is 11.1. The number of anilines is 1. The molecule has 3 amide bonds. The van der Waals surface area contributed by atoms with Crippen LogP contribution in [0.1, 0.15) is 36.0 Å². The second-order valence-electron chi connectivity index (χ2n) is 9.56. The van der Waals surface area contributed by atoms with Crippen LogP contribution in [-0.4, -0.2) is 63.6 Å². The SMILES string of the molecule is O=C(O)C(CC(=O)N1CCC(N2CCc3ccccc3NC2=O)CC1)Cc1cc(Cl)c(O)c(C(F)(F)F)c1. The lowest BCUT2D eigenvalue weighted by atomic mass is 9.93. The molecule has 8 nitrogen and oxygen atoms in total. The Morgan fingerprint density at radius 2 is 1.82 bits per heavy atom. The molecule has 12 heteroatoms. The van der Waals surface area contributed by atoms with E-state index in [2.05, 4.69) is 5.32 Å². The summed E-state index contributed by atoms with van der Waals surface area (Å²) in [5.74, 6) is -4.16. The standard InChI is InChI=1S/C26H27ClF3N3O5/c27-20-13-15(12-19(23(20)35)26(28,29)30)11-17(24(36)37)14-22(34)32-8-6-18(7-9-32)33-10-5-16-3-1-2-4-21(16)31-25(33)38/h1-4,12-13,17-18,35H,5-11,14H2,(H,31,38)(H,36,37). The number of carbonyl (C=O) groups is 3. The first-order valence-electron chi connectivity index (χ1n) is 12.2. The summed E-state index contributed by atoms with van der Waals surface area (Å²) in [4.78, 5) is 40.9. The maximum absolute atomic E-state index is 13.2. The molecule has 0 saturated carbocycles. The fraction of sp³-hybridized carbons (Fsp3) is 0.423. The summed E-state index contributed by atoms with van der Waals surface area (Å²) >= 11 is 5.74. The number of phenols is 1. The highest BCUT2D eigenvalue weighted by Gasteiger charge is 2.36. The molecule has 4 rings (SSSR count). The zero-order chi connectivity index (χ0) is 27.6. The number of alkyl halides is 3. The van der Waals surface area contributed by atoms with Crippen molar-refractivity contribution < 1.29 is 37.8 Å². The van der Waals surface area contributed by atoms with E-state index in [0.29, 0.717) is 45.0 Å². The largest absolute Gasteiger partial charge is 0.506 e. The average Bonchev–Trinajstić information content (AvgIpc) is 3.03. The van der Waals surface area contributed by atoms with E-state index in [0.717, 1.165) is 17.3 Å². The summed E-state index contributed by atoms with van der Waals surface area (Å²) in [5.41, 5.74) is 0.419. The van der Waals surface area contributed by atoms with Crippen LogP contribution < -0.4 is 5.32 Å². The Morgan fingerprint density at radius 3 is 2.47 bits per heavy atom. The molecule has 0 bridgehead atoms. The first kappa shape index (κ1) is 27.6. The van der Waals surface area contributed by atoms with Gasteiger partial charge in [-0.05, 0) is 55.0 Å². The van der Waals surface area contributed by atoms with Gasteiger partial charge in [-0.3, -0.25) is 9.59 Å². The molecule has 38 heavy (non-hydrogen) atoms. The van der Waals surface area contributed by atoms with E-state index in [1.165, 1.54) is 4.90 Å². The van der Waals surface area contributed by atoms with Crippen molar-refractivity contribution in [1.29, 1.82) is 0 Å². The van der Waals surface area contributed by atoms with Crippen LogP contribution in [-0.2, 0) is 28.6 Å². The highest BCUT2D eigenvalue weighted by Crippen LogP contribution is 2.40. The number of aromatic hydroxyl groups is 1. The van der Waals surface area contributed by atoms with E-state index in [4.69, 9.17) is 11.6 Å². The first-order valence-corrected chi connectivity index (χ1v) is 12.6. The summed E-state index contributed by atoms with van der Waals surface area (Å²) < 4.78 is 39.6. The van der Waals surface area contributed by atoms with Gasteiger partial charge < -0.3 is 25.3 Å². The number of para-hydroxylation sites is 1. The number of likely N-dealkylation sites (tertiary alicyclic amines) is 1. The molecule has 2 aromatic carbocycles. The highest BCUT2D eigenvalue weighted by atomic mass is 35.5. The zero-order valence-corrected chi connectivity index (χ0v) is 21.1. The number of nitrogens with one attached hydrogen (secondary N) is 1. The number of aliphatic carboxylic acids is 1. The van der Waals surface area contributed by atoms with Crippen LogP contribution in [0.2, 0.25) is 5.02 Å². The van der Waals surface area contributed by atoms with Gasteiger partial charge in [0.2, 0.25) is 5.91 Å². The third-order valence-corrected chi connectivity index (χ3v) is 7.37. The average molecular weight is 554 g/mol. The van der Waals surface area contributed by atoms with E-state index in [1.807, 2.05) is 24.3 Å². The number of amides is 3. The third kappa shape index (κ3) is 6.15.